The van der Waals surface area contributed by atoms with E-state index in [1.54, 1.807) is 12.1 Å². The van der Waals surface area contributed by atoms with Crippen molar-refractivity contribution < 1.29 is 13.9 Å². The molecule has 160 valence electrons. The van der Waals surface area contributed by atoms with Crippen molar-refractivity contribution in [3.63, 3.8) is 0 Å². The van der Waals surface area contributed by atoms with Crippen LogP contribution >= 0.6 is 0 Å². The predicted molar refractivity (Wildman–Crippen MR) is 119 cm³/mol. The van der Waals surface area contributed by atoms with Gasteiger partial charge in [0, 0.05) is 24.4 Å². The number of likely N-dealkylation sites (tertiary alicyclic amines) is 1. The Morgan fingerprint density at radius 2 is 1.84 bits per heavy atom. The summed E-state index contributed by atoms with van der Waals surface area (Å²) in [6.45, 7) is 5.85. The van der Waals surface area contributed by atoms with Crippen molar-refractivity contribution in [2.45, 2.75) is 39.3 Å². The van der Waals surface area contributed by atoms with Crippen LogP contribution in [0, 0.1) is 12.7 Å². The van der Waals surface area contributed by atoms with E-state index >= 15 is 0 Å². The Balaban J connectivity index is 1.58. The number of aryl methyl sites for hydroxylation is 1. The van der Waals surface area contributed by atoms with Crippen molar-refractivity contribution >= 4 is 5.91 Å². The normalized spacial score (nSPS) is 16.0. The number of aromatic nitrogens is 1. The summed E-state index contributed by atoms with van der Waals surface area (Å²) in [6, 6.07) is 18.1. The smallest absolute Gasteiger partial charge is 0.254 e. The van der Waals surface area contributed by atoms with E-state index in [0.29, 0.717) is 25.3 Å². The lowest BCUT2D eigenvalue weighted by Gasteiger charge is -2.25. The van der Waals surface area contributed by atoms with Crippen LogP contribution in [0.1, 0.15) is 53.1 Å². The molecule has 4 rings (SSSR count). The van der Waals surface area contributed by atoms with Gasteiger partial charge in [0.25, 0.3) is 5.91 Å². The number of rotatable bonds is 6. The summed E-state index contributed by atoms with van der Waals surface area (Å²) in [4.78, 5) is 19.9. The molecule has 1 atom stereocenters. The van der Waals surface area contributed by atoms with Crippen molar-refractivity contribution in [3.05, 3.63) is 89.0 Å². The second-order valence-electron chi connectivity index (χ2n) is 7.92. The maximum absolute atomic E-state index is 13.3. The summed E-state index contributed by atoms with van der Waals surface area (Å²) in [5.74, 6) is -0.230. The van der Waals surface area contributed by atoms with Crippen LogP contribution in [0.5, 0.6) is 0 Å². The zero-order valence-electron chi connectivity index (χ0n) is 18.0. The SMILES string of the molecule is CCOCc1ccc(C(=O)N2CCC[C@H]2c2cc(-c3ccc(F)cc3)cc(C)n2)cc1. The standard InChI is InChI=1S/C26H27FN2O2/c1-3-31-17-19-6-8-21(9-7-19)26(30)29-14-4-5-25(29)24-16-22(15-18(2)28-24)20-10-12-23(27)13-11-20/h6-13,15-16,25H,3-5,14,17H2,1-2H3/t25-/m0/s1. The van der Waals surface area contributed by atoms with Crippen molar-refractivity contribution in [1.29, 1.82) is 0 Å². The third kappa shape index (κ3) is 4.83. The zero-order chi connectivity index (χ0) is 21.8. The number of amides is 1. The van der Waals surface area contributed by atoms with Gasteiger partial charge >= 0.3 is 0 Å². The predicted octanol–water partition coefficient (Wildman–Crippen LogP) is 5.71. The molecule has 0 saturated carbocycles. The third-order valence-corrected chi connectivity index (χ3v) is 5.68. The van der Waals surface area contributed by atoms with Crippen molar-refractivity contribution in [3.8, 4) is 11.1 Å². The highest BCUT2D eigenvalue weighted by atomic mass is 19.1. The van der Waals surface area contributed by atoms with Crippen LogP contribution in [-0.2, 0) is 11.3 Å². The van der Waals surface area contributed by atoms with E-state index in [9.17, 15) is 9.18 Å². The molecule has 1 saturated heterocycles. The van der Waals surface area contributed by atoms with Gasteiger partial charge in [-0.1, -0.05) is 24.3 Å². The van der Waals surface area contributed by atoms with E-state index in [0.717, 1.165) is 40.9 Å². The summed E-state index contributed by atoms with van der Waals surface area (Å²) < 4.78 is 18.8. The molecular weight excluding hydrogens is 391 g/mol. The van der Waals surface area contributed by atoms with Gasteiger partial charge in [-0.15, -0.1) is 0 Å². The van der Waals surface area contributed by atoms with Gasteiger partial charge in [0.1, 0.15) is 5.82 Å². The highest BCUT2D eigenvalue weighted by Crippen LogP contribution is 2.34. The van der Waals surface area contributed by atoms with Crippen molar-refractivity contribution in [2.24, 2.45) is 0 Å². The molecule has 1 aliphatic heterocycles. The number of benzene rings is 2. The number of halogens is 1. The van der Waals surface area contributed by atoms with E-state index in [1.807, 2.05) is 55.1 Å². The maximum atomic E-state index is 13.3. The summed E-state index contributed by atoms with van der Waals surface area (Å²) in [5, 5.41) is 0. The summed E-state index contributed by atoms with van der Waals surface area (Å²) in [6.07, 6.45) is 1.83. The quantitative estimate of drug-likeness (QED) is 0.515. The molecule has 0 N–H and O–H groups in total. The molecule has 31 heavy (non-hydrogen) atoms. The van der Waals surface area contributed by atoms with E-state index in [1.165, 1.54) is 12.1 Å². The average molecular weight is 419 g/mol. The first kappa shape index (κ1) is 21.2. The minimum absolute atomic E-state index is 0.0251. The number of carbonyl (C=O) groups is 1. The first-order valence-corrected chi connectivity index (χ1v) is 10.8. The van der Waals surface area contributed by atoms with Gasteiger partial charge in [-0.3, -0.25) is 9.78 Å². The van der Waals surface area contributed by atoms with Gasteiger partial charge in [-0.25, -0.2) is 4.39 Å². The van der Waals surface area contributed by atoms with E-state index in [4.69, 9.17) is 9.72 Å². The molecule has 0 aliphatic carbocycles. The Hall–Kier alpha value is -3.05. The Morgan fingerprint density at radius 3 is 2.55 bits per heavy atom. The zero-order valence-corrected chi connectivity index (χ0v) is 18.0. The fourth-order valence-corrected chi connectivity index (χ4v) is 4.12. The highest BCUT2D eigenvalue weighted by Gasteiger charge is 2.32. The fraction of sp³-hybridized carbons (Fsp3) is 0.308. The summed E-state index contributed by atoms with van der Waals surface area (Å²) in [5.41, 5.74) is 5.43. The average Bonchev–Trinajstić information content (AvgIpc) is 3.28. The number of hydrogen-bond donors (Lipinski definition) is 0. The summed E-state index contributed by atoms with van der Waals surface area (Å²) in [7, 11) is 0. The number of hydrogen-bond acceptors (Lipinski definition) is 3. The first-order chi connectivity index (χ1) is 15.0. The van der Waals surface area contributed by atoms with Crippen molar-refractivity contribution in [1.82, 2.24) is 9.88 Å². The molecule has 0 radical (unpaired) electrons. The van der Waals surface area contributed by atoms with E-state index in [-0.39, 0.29) is 17.8 Å². The Morgan fingerprint density at radius 1 is 1.10 bits per heavy atom. The van der Waals surface area contributed by atoms with Crippen LogP contribution in [0.3, 0.4) is 0 Å². The largest absolute Gasteiger partial charge is 0.377 e. The second-order valence-corrected chi connectivity index (χ2v) is 7.92. The molecule has 1 aliphatic rings. The molecule has 2 heterocycles. The third-order valence-electron chi connectivity index (χ3n) is 5.68. The van der Waals surface area contributed by atoms with Gasteiger partial charge in [0.2, 0.25) is 0 Å². The molecule has 0 unspecified atom stereocenters. The molecular formula is C26H27FN2O2. The van der Waals surface area contributed by atoms with E-state index in [2.05, 4.69) is 0 Å². The lowest BCUT2D eigenvalue weighted by Crippen LogP contribution is -2.31. The number of pyridine rings is 1. The topological polar surface area (TPSA) is 42.4 Å². The second kappa shape index (κ2) is 9.40. The van der Waals surface area contributed by atoms with Gasteiger partial charge in [-0.05, 0) is 79.8 Å². The van der Waals surface area contributed by atoms with Crippen LogP contribution in [-0.4, -0.2) is 28.9 Å². The minimum atomic E-state index is -0.255. The number of carbonyl (C=O) groups excluding carboxylic acids is 1. The Kier molecular flexibility index (Phi) is 6.42. The van der Waals surface area contributed by atoms with Crippen molar-refractivity contribution in [2.75, 3.05) is 13.2 Å². The van der Waals surface area contributed by atoms with Crippen LogP contribution in [0.2, 0.25) is 0 Å². The van der Waals surface area contributed by atoms with Crippen LogP contribution in [0.15, 0.2) is 60.7 Å². The van der Waals surface area contributed by atoms with Gasteiger partial charge in [0.15, 0.2) is 0 Å². The van der Waals surface area contributed by atoms with Crippen LogP contribution < -0.4 is 0 Å². The van der Waals surface area contributed by atoms with Gasteiger partial charge in [-0.2, -0.15) is 0 Å². The molecule has 1 aromatic heterocycles. The molecule has 3 aromatic rings. The molecule has 0 spiro atoms. The van der Waals surface area contributed by atoms with Crippen LogP contribution in [0.25, 0.3) is 11.1 Å². The molecule has 1 fully saturated rings. The lowest BCUT2D eigenvalue weighted by atomic mass is 10.0. The molecule has 4 nitrogen and oxygen atoms in total. The minimum Gasteiger partial charge on any atom is -0.377 e. The number of nitrogens with zero attached hydrogens (tertiary/aromatic N) is 2. The highest BCUT2D eigenvalue weighted by molar-refractivity contribution is 5.94. The van der Waals surface area contributed by atoms with Crippen LogP contribution in [0.4, 0.5) is 4.39 Å². The Labute approximate surface area is 182 Å². The maximum Gasteiger partial charge on any atom is 0.254 e. The number of ether oxygens (including phenoxy) is 1. The monoisotopic (exact) mass is 418 g/mol. The molecule has 0 bridgehead atoms. The molecule has 2 aromatic carbocycles. The van der Waals surface area contributed by atoms with Gasteiger partial charge in [0.05, 0.1) is 18.3 Å². The Bertz CT molecular complexity index is 1050. The van der Waals surface area contributed by atoms with E-state index < -0.39 is 0 Å². The fourth-order valence-electron chi connectivity index (χ4n) is 4.12. The lowest BCUT2D eigenvalue weighted by molar-refractivity contribution is 0.0732. The molecule has 1 amide bonds. The molecule has 5 heteroatoms. The first-order valence-electron chi connectivity index (χ1n) is 10.8. The summed E-state index contributed by atoms with van der Waals surface area (Å²) >= 11 is 0. The van der Waals surface area contributed by atoms with Gasteiger partial charge < -0.3 is 9.64 Å².